The molecule has 0 unspecified atom stereocenters. The van der Waals surface area contributed by atoms with E-state index in [9.17, 15) is 4.79 Å². The minimum Gasteiger partial charge on any atom is -0.345 e. The van der Waals surface area contributed by atoms with Crippen LogP contribution in [-0.2, 0) is 4.79 Å². The van der Waals surface area contributed by atoms with Gasteiger partial charge in [0.05, 0.1) is 9.89 Å². The maximum Gasteiger partial charge on any atom is 0.232 e. The number of nitrogens with zero attached hydrogens (tertiary/aromatic N) is 4. The fourth-order valence-corrected chi connectivity index (χ4v) is 2.79. The van der Waals surface area contributed by atoms with E-state index in [4.69, 9.17) is 0 Å². The van der Waals surface area contributed by atoms with E-state index in [0.29, 0.717) is 5.95 Å². The summed E-state index contributed by atoms with van der Waals surface area (Å²) in [6.45, 7) is 2.36. The highest BCUT2D eigenvalue weighted by atomic mass is 79.9. The van der Waals surface area contributed by atoms with E-state index in [0.717, 1.165) is 30.5 Å². The molecule has 3 rings (SSSR count). The van der Waals surface area contributed by atoms with Gasteiger partial charge in [0.2, 0.25) is 11.9 Å². The average Bonchev–Trinajstić information content (AvgIpc) is 2.56. The van der Waals surface area contributed by atoms with Gasteiger partial charge in [0.1, 0.15) is 0 Å². The lowest BCUT2D eigenvalue weighted by Crippen LogP contribution is -2.60. The number of carbonyl (C=O) groups excluding carboxylic acids is 1. The Morgan fingerprint density at radius 2 is 2.00 bits per heavy atom. The van der Waals surface area contributed by atoms with E-state index in [1.165, 1.54) is 0 Å². The molecule has 2 aliphatic rings. The smallest absolute Gasteiger partial charge is 0.232 e. The highest BCUT2D eigenvalue weighted by Gasteiger charge is 2.54. The van der Waals surface area contributed by atoms with Crippen molar-refractivity contribution >= 4 is 27.8 Å². The predicted octanol–water partition coefficient (Wildman–Crippen LogP) is 0.908. The van der Waals surface area contributed by atoms with Crippen molar-refractivity contribution in [2.24, 2.45) is 5.41 Å². The van der Waals surface area contributed by atoms with Crippen LogP contribution in [-0.4, -0.2) is 47.5 Å². The van der Waals surface area contributed by atoms with Crippen molar-refractivity contribution in [2.45, 2.75) is 6.42 Å². The van der Waals surface area contributed by atoms with Crippen LogP contribution in [0.4, 0.5) is 5.95 Å². The van der Waals surface area contributed by atoms with Crippen molar-refractivity contribution in [1.29, 1.82) is 0 Å². The first-order chi connectivity index (χ1) is 8.11. The molecule has 0 bridgehead atoms. The van der Waals surface area contributed by atoms with Gasteiger partial charge < -0.3 is 9.80 Å². The molecule has 0 atom stereocenters. The molecule has 90 valence electrons. The maximum absolute atomic E-state index is 12.0. The molecule has 3 heterocycles. The first-order valence-electron chi connectivity index (χ1n) is 5.59. The molecule has 1 aromatic heterocycles. The summed E-state index contributed by atoms with van der Waals surface area (Å²) < 4.78 is 0.869. The number of likely N-dealkylation sites (tertiary alicyclic amines) is 1. The van der Waals surface area contributed by atoms with E-state index in [1.807, 2.05) is 11.9 Å². The Morgan fingerprint density at radius 3 is 2.53 bits per heavy atom. The first-order valence-corrected chi connectivity index (χ1v) is 6.38. The van der Waals surface area contributed by atoms with Crippen LogP contribution in [0.25, 0.3) is 0 Å². The second kappa shape index (κ2) is 3.66. The van der Waals surface area contributed by atoms with Crippen LogP contribution < -0.4 is 4.90 Å². The lowest BCUT2D eigenvalue weighted by Gasteiger charge is -2.46. The lowest BCUT2D eigenvalue weighted by atomic mass is 9.78. The second-order valence-electron chi connectivity index (χ2n) is 4.81. The highest BCUT2D eigenvalue weighted by molar-refractivity contribution is 9.10. The third-order valence-corrected chi connectivity index (χ3v) is 4.01. The van der Waals surface area contributed by atoms with Crippen molar-refractivity contribution < 1.29 is 4.79 Å². The topological polar surface area (TPSA) is 49.3 Å². The van der Waals surface area contributed by atoms with Crippen LogP contribution in [0.15, 0.2) is 16.9 Å². The van der Waals surface area contributed by atoms with Gasteiger partial charge in [-0.2, -0.15) is 0 Å². The van der Waals surface area contributed by atoms with Gasteiger partial charge >= 0.3 is 0 Å². The van der Waals surface area contributed by atoms with Crippen molar-refractivity contribution in [3.8, 4) is 0 Å². The number of rotatable bonds is 1. The van der Waals surface area contributed by atoms with Crippen LogP contribution in [0.1, 0.15) is 6.42 Å². The Bertz CT molecular complexity index is 455. The SMILES string of the molecule is CN1CCC2(CN(c3ncc(Br)cn3)C2)C1=O. The quantitative estimate of drug-likeness (QED) is 0.773. The summed E-state index contributed by atoms with van der Waals surface area (Å²) in [5.41, 5.74) is -0.162. The molecule has 5 nitrogen and oxygen atoms in total. The molecular formula is C11H13BrN4O. The summed E-state index contributed by atoms with van der Waals surface area (Å²) in [4.78, 5) is 24.4. The zero-order chi connectivity index (χ0) is 12.0. The zero-order valence-electron chi connectivity index (χ0n) is 9.56. The molecule has 0 radical (unpaired) electrons. The lowest BCUT2D eigenvalue weighted by molar-refractivity contribution is -0.136. The monoisotopic (exact) mass is 296 g/mol. The standard InChI is InChI=1S/C11H13BrN4O/c1-15-3-2-11(9(15)17)6-16(7-11)10-13-4-8(12)5-14-10/h4-5H,2-3,6-7H2,1H3. The largest absolute Gasteiger partial charge is 0.345 e. The summed E-state index contributed by atoms with van der Waals surface area (Å²) in [6.07, 6.45) is 4.42. The van der Waals surface area contributed by atoms with Gasteiger partial charge in [0, 0.05) is 39.1 Å². The van der Waals surface area contributed by atoms with Gasteiger partial charge in [-0.05, 0) is 22.4 Å². The van der Waals surface area contributed by atoms with Gasteiger partial charge in [0.25, 0.3) is 0 Å². The van der Waals surface area contributed by atoms with Crippen LogP contribution in [0.5, 0.6) is 0 Å². The fraction of sp³-hybridized carbons (Fsp3) is 0.545. The Kier molecular flexibility index (Phi) is 2.36. The van der Waals surface area contributed by atoms with Crippen molar-refractivity contribution in [3.63, 3.8) is 0 Å². The Labute approximate surface area is 108 Å². The number of aromatic nitrogens is 2. The first kappa shape index (κ1) is 11.0. The number of halogens is 1. The molecule has 2 fully saturated rings. The average molecular weight is 297 g/mol. The van der Waals surface area contributed by atoms with Crippen LogP contribution in [0.2, 0.25) is 0 Å². The molecule has 0 aromatic carbocycles. The minimum atomic E-state index is -0.162. The molecule has 2 saturated heterocycles. The summed E-state index contributed by atoms with van der Waals surface area (Å²) in [5.74, 6) is 0.979. The predicted molar refractivity (Wildman–Crippen MR) is 66.6 cm³/mol. The zero-order valence-corrected chi connectivity index (χ0v) is 11.1. The molecule has 1 aromatic rings. The Morgan fingerprint density at radius 1 is 1.35 bits per heavy atom. The number of amides is 1. The molecule has 0 N–H and O–H groups in total. The molecule has 0 aliphatic carbocycles. The van der Waals surface area contributed by atoms with Gasteiger partial charge in [0.15, 0.2) is 0 Å². The summed E-state index contributed by atoms with van der Waals surface area (Å²) in [5, 5.41) is 0. The highest BCUT2D eigenvalue weighted by Crippen LogP contribution is 2.41. The van der Waals surface area contributed by atoms with Crippen molar-refractivity contribution in [1.82, 2.24) is 14.9 Å². The molecule has 1 spiro atoms. The summed E-state index contributed by atoms with van der Waals surface area (Å²) in [7, 11) is 1.87. The number of hydrogen-bond donors (Lipinski definition) is 0. The minimum absolute atomic E-state index is 0.162. The molecule has 6 heteroatoms. The molecule has 0 saturated carbocycles. The van der Waals surface area contributed by atoms with Gasteiger partial charge in [-0.1, -0.05) is 0 Å². The Hall–Kier alpha value is -1.17. The van der Waals surface area contributed by atoms with Crippen LogP contribution in [0, 0.1) is 5.41 Å². The van der Waals surface area contributed by atoms with E-state index in [2.05, 4.69) is 30.8 Å². The van der Waals surface area contributed by atoms with Crippen molar-refractivity contribution in [3.05, 3.63) is 16.9 Å². The summed E-state index contributed by atoms with van der Waals surface area (Å²) in [6, 6.07) is 0. The molecule has 17 heavy (non-hydrogen) atoms. The van der Waals surface area contributed by atoms with E-state index < -0.39 is 0 Å². The van der Waals surface area contributed by atoms with E-state index >= 15 is 0 Å². The number of hydrogen-bond acceptors (Lipinski definition) is 4. The Balaban J connectivity index is 1.72. The number of carbonyl (C=O) groups is 1. The third-order valence-electron chi connectivity index (χ3n) is 3.60. The van der Waals surface area contributed by atoms with Gasteiger partial charge in [-0.15, -0.1) is 0 Å². The van der Waals surface area contributed by atoms with E-state index in [-0.39, 0.29) is 11.3 Å². The van der Waals surface area contributed by atoms with Gasteiger partial charge in [-0.3, -0.25) is 4.79 Å². The van der Waals surface area contributed by atoms with Crippen molar-refractivity contribution in [2.75, 3.05) is 31.6 Å². The van der Waals surface area contributed by atoms with Crippen LogP contribution >= 0.6 is 15.9 Å². The normalized spacial score (nSPS) is 22.1. The van der Waals surface area contributed by atoms with Crippen LogP contribution in [0.3, 0.4) is 0 Å². The van der Waals surface area contributed by atoms with E-state index in [1.54, 1.807) is 12.4 Å². The number of anilines is 1. The molecular weight excluding hydrogens is 284 g/mol. The second-order valence-corrected chi connectivity index (χ2v) is 5.73. The summed E-state index contributed by atoms with van der Waals surface area (Å²) >= 11 is 3.31. The molecule has 1 amide bonds. The maximum atomic E-state index is 12.0. The fourth-order valence-electron chi connectivity index (χ4n) is 2.58. The molecule has 2 aliphatic heterocycles. The van der Waals surface area contributed by atoms with Gasteiger partial charge in [-0.25, -0.2) is 9.97 Å². The third kappa shape index (κ3) is 1.62.